The maximum absolute atomic E-state index is 5.85. The smallest absolute Gasteiger partial charge is 0.158 e. The second kappa shape index (κ2) is 6.17. The minimum absolute atomic E-state index is 0.0110. The first kappa shape index (κ1) is 13.9. The molecule has 3 N–H and O–H groups in total. The van der Waals surface area contributed by atoms with Gasteiger partial charge in [0.1, 0.15) is 11.4 Å². The fraction of sp³-hybridized carbons (Fsp3) is 0.200. The molecule has 0 amide bonds. The topological polar surface area (TPSA) is 73.1 Å². The summed E-state index contributed by atoms with van der Waals surface area (Å²) in [5.74, 6) is 6.77. The normalized spacial score (nSPS) is 12.5. The lowest BCUT2D eigenvalue weighted by Gasteiger charge is -2.13. The summed E-state index contributed by atoms with van der Waals surface area (Å²) in [6.07, 6.45) is -0.0110. The van der Waals surface area contributed by atoms with Gasteiger partial charge in [-0.05, 0) is 23.9 Å². The molecule has 0 radical (unpaired) electrons. The summed E-state index contributed by atoms with van der Waals surface area (Å²) in [5.41, 5.74) is 3.75. The maximum atomic E-state index is 5.85. The van der Waals surface area contributed by atoms with E-state index in [0.717, 1.165) is 15.8 Å². The van der Waals surface area contributed by atoms with Gasteiger partial charge in [-0.15, -0.1) is 11.3 Å². The minimum Gasteiger partial charge on any atom is -0.366 e. The van der Waals surface area contributed by atoms with Crippen molar-refractivity contribution in [1.29, 1.82) is 0 Å². The Morgan fingerprint density at radius 3 is 2.81 bits per heavy atom. The molecule has 0 fully saturated rings. The lowest BCUT2D eigenvalue weighted by atomic mass is 10.1. The van der Waals surface area contributed by atoms with Gasteiger partial charge < -0.3 is 10.2 Å². The number of anilines is 1. The maximum Gasteiger partial charge on any atom is 0.158 e. The zero-order valence-electron chi connectivity index (χ0n) is 11.6. The van der Waals surface area contributed by atoms with Crippen LogP contribution in [0.5, 0.6) is 0 Å². The molecule has 6 heteroatoms. The van der Waals surface area contributed by atoms with Gasteiger partial charge in [-0.1, -0.05) is 30.3 Å². The Hall–Kier alpha value is -2.02. The van der Waals surface area contributed by atoms with E-state index in [1.165, 1.54) is 0 Å². The van der Waals surface area contributed by atoms with E-state index in [1.54, 1.807) is 11.3 Å². The Labute approximate surface area is 126 Å². The molecule has 5 nitrogen and oxygen atoms in total. The Kier molecular flexibility index (Phi) is 4.10. The molecule has 0 bridgehead atoms. The molecular formula is C15H16N4OS. The van der Waals surface area contributed by atoms with Crippen LogP contribution in [0.3, 0.4) is 0 Å². The molecule has 1 unspecified atom stereocenters. The van der Waals surface area contributed by atoms with Gasteiger partial charge in [-0.2, -0.15) is 0 Å². The highest BCUT2D eigenvalue weighted by atomic mass is 32.1. The first-order valence-corrected chi connectivity index (χ1v) is 7.53. The van der Waals surface area contributed by atoms with Crippen LogP contribution in [0.1, 0.15) is 24.4 Å². The van der Waals surface area contributed by atoms with Crippen LogP contribution in [0.4, 0.5) is 5.82 Å². The fourth-order valence-electron chi connectivity index (χ4n) is 2.09. The minimum atomic E-state index is -0.0110. The van der Waals surface area contributed by atoms with Gasteiger partial charge in [-0.3, -0.25) is 0 Å². The van der Waals surface area contributed by atoms with Crippen molar-refractivity contribution in [2.45, 2.75) is 19.6 Å². The number of hydrogen-bond donors (Lipinski definition) is 2. The number of nitrogens with two attached hydrogens (primary N) is 1. The summed E-state index contributed by atoms with van der Waals surface area (Å²) in [6, 6.07) is 12.0. The van der Waals surface area contributed by atoms with Crippen LogP contribution < -0.4 is 11.3 Å². The van der Waals surface area contributed by atoms with Gasteiger partial charge in [0.15, 0.2) is 11.6 Å². The zero-order valence-corrected chi connectivity index (χ0v) is 12.4. The van der Waals surface area contributed by atoms with E-state index in [-0.39, 0.29) is 6.10 Å². The largest absolute Gasteiger partial charge is 0.366 e. The molecule has 1 atom stereocenters. The lowest BCUT2D eigenvalue weighted by molar-refractivity contribution is 0.0486. The SMILES string of the molecule is CC(OCc1nc(NN)c2ccsc2n1)c1ccccc1. The van der Waals surface area contributed by atoms with Crippen LogP contribution in [0, 0.1) is 0 Å². The van der Waals surface area contributed by atoms with E-state index in [1.807, 2.05) is 48.7 Å². The standard InChI is InChI=1S/C15H16N4OS/c1-10(11-5-3-2-4-6-11)20-9-13-17-14(19-16)12-7-8-21-15(12)18-13/h2-8,10H,9,16H2,1H3,(H,17,18,19). The van der Waals surface area contributed by atoms with Crippen molar-refractivity contribution < 1.29 is 4.74 Å². The number of fused-ring (bicyclic) bond motifs is 1. The Morgan fingerprint density at radius 1 is 1.24 bits per heavy atom. The van der Waals surface area contributed by atoms with Gasteiger partial charge in [0, 0.05) is 0 Å². The van der Waals surface area contributed by atoms with Crippen molar-refractivity contribution in [3.05, 3.63) is 53.2 Å². The molecule has 2 aromatic heterocycles. The van der Waals surface area contributed by atoms with E-state index in [0.29, 0.717) is 18.2 Å². The van der Waals surface area contributed by atoms with Crippen LogP contribution in [-0.4, -0.2) is 9.97 Å². The van der Waals surface area contributed by atoms with Crippen molar-refractivity contribution in [1.82, 2.24) is 9.97 Å². The number of nitrogen functional groups attached to an aromatic ring is 1. The summed E-state index contributed by atoms with van der Waals surface area (Å²) in [4.78, 5) is 9.79. The molecule has 0 aliphatic heterocycles. The molecule has 0 saturated carbocycles. The van der Waals surface area contributed by atoms with E-state index in [2.05, 4.69) is 15.4 Å². The van der Waals surface area contributed by atoms with Gasteiger partial charge in [0.25, 0.3) is 0 Å². The number of nitrogens with zero attached hydrogens (tertiary/aromatic N) is 2. The van der Waals surface area contributed by atoms with Crippen molar-refractivity contribution in [3.8, 4) is 0 Å². The third-order valence-electron chi connectivity index (χ3n) is 3.24. The molecule has 0 aliphatic carbocycles. The zero-order chi connectivity index (χ0) is 14.7. The Bertz CT molecular complexity index is 729. The summed E-state index contributed by atoms with van der Waals surface area (Å²) < 4.78 is 5.85. The molecule has 3 aromatic rings. The summed E-state index contributed by atoms with van der Waals surface area (Å²) in [5, 5.41) is 2.90. The number of nitrogens with one attached hydrogen (secondary N) is 1. The van der Waals surface area contributed by atoms with Crippen molar-refractivity contribution >= 4 is 27.4 Å². The van der Waals surface area contributed by atoms with Crippen molar-refractivity contribution in [2.75, 3.05) is 5.43 Å². The number of hydrazine groups is 1. The summed E-state index contributed by atoms with van der Waals surface area (Å²) in [7, 11) is 0. The first-order chi connectivity index (χ1) is 10.3. The molecule has 3 rings (SSSR count). The number of benzene rings is 1. The van der Waals surface area contributed by atoms with Gasteiger partial charge in [-0.25, -0.2) is 15.8 Å². The molecule has 108 valence electrons. The number of hydrogen-bond acceptors (Lipinski definition) is 6. The number of ether oxygens (including phenoxy) is 1. The van der Waals surface area contributed by atoms with E-state index >= 15 is 0 Å². The monoisotopic (exact) mass is 300 g/mol. The number of aromatic nitrogens is 2. The average molecular weight is 300 g/mol. The van der Waals surface area contributed by atoms with Crippen molar-refractivity contribution in [3.63, 3.8) is 0 Å². The number of rotatable bonds is 5. The first-order valence-electron chi connectivity index (χ1n) is 6.65. The molecule has 1 aromatic carbocycles. The predicted octanol–water partition coefficient (Wildman–Crippen LogP) is 3.25. The van der Waals surface area contributed by atoms with Gasteiger partial charge in [0.2, 0.25) is 0 Å². The number of thiophene rings is 1. The average Bonchev–Trinajstić information content (AvgIpc) is 3.01. The molecule has 0 spiro atoms. The van der Waals surface area contributed by atoms with Gasteiger partial charge in [0.05, 0.1) is 11.5 Å². The fourth-order valence-corrected chi connectivity index (χ4v) is 2.88. The lowest BCUT2D eigenvalue weighted by Crippen LogP contribution is -2.11. The van der Waals surface area contributed by atoms with Crippen molar-refractivity contribution in [2.24, 2.45) is 5.84 Å². The predicted molar refractivity (Wildman–Crippen MR) is 84.9 cm³/mol. The van der Waals surface area contributed by atoms with Crippen LogP contribution in [-0.2, 0) is 11.3 Å². The van der Waals surface area contributed by atoms with E-state index < -0.39 is 0 Å². The van der Waals surface area contributed by atoms with Gasteiger partial charge >= 0.3 is 0 Å². The quantitative estimate of drug-likeness (QED) is 0.559. The third-order valence-corrected chi connectivity index (χ3v) is 4.05. The van der Waals surface area contributed by atoms with Crippen LogP contribution >= 0.6 is 11.3 Å². The second-order valence-electron chi connectivity index (χ2n) is 4.64. The van der Waals surface area contributed by atoms with Crippen LogP contribution in [0.2, 0.25) is 0 Å². The van der Waals surface area contributed by atoms with Crippen LogP contribution in [0.15, 0.2) is 41.8 Å². The molecular weight excluding hydrogens is 284 g/mol. The summed E-state index contributed by atoms with van der Waals surface area (Å²) in [6.45, 7) is 2.36. The molecule has 0 saturated heterocycles. The molecule has 2 heterocycles. The molecule has 21 heavy (non-hydrogen) atoms. The Balaban J connectivity index is 1.76. The highest BCUT2D eigenvalue weighted by molar-refractivity contribution is 7.16. The molecule has 0 aliphatic rings. The van der Waals surface area contributed by atoms with E-state index in [9.17, 15) is 0 Å². The summed E-state index contributed by atoms with van der Waals surface area (Å²) >= 11 is 1.56. The highest BCUT2D eigenvalue weighted by Crippen LogP contribution is 2.25. The third kappa shape index (κ3) is 3.02. The highest BCUT2D eigenvalue weighted by Gasteiger charge is 2.10. The second-order valence-corrected chi connectivity index (χ2v) is 5.53. The van der Waals surface area contributed by atoms with E-state index in [4.69, 9.17) is 10.6 Å². The Morgan fingerprint density at radius 2 is 2.05 bits per heavy atom. The van der Waals surface area contributed by atoms with Crippen LogP contribution in [0.25, 0.3) is 10.2 Å².